The number of ether oxygens (including phenoxy) is 1. The maximum atomic E-state index is 14.4. The highest BCUT2D eigenvalue weighted by Gasteiger charge is 2.28. The van der Waals surface area contributed by atoms with Gasteiger partial charge in [0, 0.05) is 23.9 Å². The van der Waals surface area contributed by atoms with Gasteiger partial charge in [-0.1, -0.05) is 29.8 Å². The lowest BCUT2D eigenvalue weighted by Crippen LogP contribution is -2.33. The number of unbranched alkanes of at least 4 members (excludes halogenated alkanes) is 1. The third kappa shape index (κ3) is 7.53. The van der Waals surface area contributed by atoms with Crippen molar-refractivity contribution in [3.63, 3.8) is 0 Å². The van der Waals surface area contributed by atoms with E-state index in [4.69, 9.17) is 16.3 Å². The van der Waals surface area contributed by atoms with E-state index in [2.05, 4.69) is 5.32 Å². The van der Waals surface area contributed by atoms with Crippen LogP contribution in [0.2, 0.25) is 5.02 Å². The van der Waals surface area contributed by atoms with Crippen LogP contribution in [0.1, 0.15) is 49.3 Å². The Labute approximate surface area is 202 Å². The largest absolute Gasteiger partial charge is 0.489 e. The van der Waals surface area contributed by atoms with Gasteiger partial charge in [0.25, 0.3) is 0 Å². The summed E-state index contributed by atoms with van der Waals surface area (Å²) < 4.78 is 19.8. The Morgan fingerprint density at radius 2 is 1.82 bits per heavy atom. The predicted octanol–water partition coefficient (Wildman–Crippen LogP) is 4.14. The molecule has 3 rings (SSSR count). The average molecular weight is 491 g/mol. The van der Waals surface area contributed by atoms with Crippen molar-refractivity contribution < 1.29 is 28.6 Å². The highest BCUT2D eigenvalue weighted by atomic mass is 35.5. The first kappa shape index (κ1) is 25.6. The van der Waals surface area contributed by atoms with Gasteiger partial charge in [0.1, 0.15) is 6.61 Å². The van der Waals surface area contributed by atoms with Crippen LogP contribution >= 0.6 is 11.6 Å². The summed E-state index contributed by atoms with van der Waals surface area (Å²) in [4.78, 5) is 35.5. The number of rotatable bonds is 13. The molecule has 1 aliphatic rings. The molecule has 0 aromatic heterocycles. The van der Waals surface area contributed by atoms with Crippen LogP contribution in [0.25, 0.3) is 0 Å². The molecule has 2 aromatic carbocycles. The summed E-state index contributed by atoms with van der Waals surface area (Å²) in [6, 6.07) is 11.6. The number of halogens is 2. The lowest BCUT2D eigenvalue weighted by atomic mass is 10.0. The Morgan fingerprint density at radius 3 is 2.47 bits per heavy atom. The molecule has 7 nitrogen and oxygen atoms in total. The van der Waals surface area contributed by atoms with Crippen LogP contribution in [0.3, 0.4) is 0 Å². The molecule has 0 saturated carbocycles. The first-order valence-corrected chi connectivity index (χ1v) is 11.7. The molecule has 1 aliphatic heterocycles. The summed E-state index contributed by atoms with van der Waals surface area (Å²) >= 11 is 5.91. The monoisotopic (exact) mass is 490 g/mol. The summed E-state index contributed by atoms with van der Waals surface area (Å²) in [5, 5.41) is 13.1. The zero-order chi connectivity index (χ0) is 24.5. The van der Waals surface area contributed by atoms with Crippen molar-refractivity contribution in [2.24, 2.45) is 0 Å². The highest BCUT2D eigenvalue weighted by Crippen LogP contribution is 2.21. The number of carbonyl (C=O) groups is 3. The summed E-state index contributed by atoms with van der Waals surface area (Å²) in [6.07, 6.45) is 2.67. The number of carboxylic acids is 1. The molecule has 1 heterocycles. The van der Waals surface area contributed by atoms with Gasteiger partial charge >= 0.3 is 5.97 Å². The molecule has 9 heteroatoms. The first-order chi connectivity index (χ1) is 16.3. The van der Waals surface area contributed by atoms with Crippen LogP contribution in [0.5, 0.6) is 5.75 Å². The van der Waals surface area contributed by atoms with Gasteiger partial charge in [-0.3, -0.25) is 19.3 Å². The van der Waals surface area contributed by atoms with E-state index in [9.17, 15) is 23.9 Å². The number of aryl methyl sites for hydroxylation is 1. The average Bonchev–Trinajstić information content (AvgIpc) is 3.12. The molecule has 2 N–H and O–H groups in total. The second kappa shape index (κ2) is 12.5. The topological polar surface area (TPSA) is 95.9 Å². The molecule has 2 aromatic rings. The number of carboxylic acid groups (broad SMARTS) is 1. The number of nitrogens with zero attached hydrogens (tertiary/aromatic N) is 1. The molecular weight excluding hydrogens is 463 g/mol. The third-order valence-corrected chi connectivity index (χ3v) is 5.91. The van der Waals surface area contributed by atoms with E-state index in [-0.39, 0.29) is 56.0 Å². The van der Waals surface area contributed by atoms with E-state index < -0.39 is 11.8 Å². The molecule has 182 valence electrons. The van der Waals surface area contributed by atoms with Gasteiger partial charge in [0.05, 0.1) is 13.0 Å². The van der Waals surface area contributed by atoms with E-state index >= 15 is 0 Å². The van der Waals surface area contributed by atoms with Crippen molar-refractivity contribution in [2.75, 3.05) is 19.7 Å². The number of carbonyl (C=O) groups excluding carboxylic acids is 2. The minimum atomic E-state index is -0.885. The van der Waals surface area contributed by atoms with Crippen LogP contribution < -0.4 is 10.1 Å². The molecular formula is C25H28ClFN2O5. The van der Waals surface area contributed by atoms with E-state index in [1.54, 1.807) is 24.3 Å². The second-order valence-electron chi connectivity index (χ2n) is 8.17. The lowest BCUT2D eigenvalue weighted by molar-refractivity contribution is -0.139. The standard InChI is InChI=1S/C25H28ClFN2O5/c26-19-7-5-18(6-8-19)21(16-25(32)33)28-12-2-1-3-17-4-9-22(20(27)15-17)34-14-13-29-23(30)10-11-24(29)31/h4-9,15,21,28H,1-3,10-14,16H2,(H,32,33)/t21-/m1/s1. The fourth-order valence-electron chi connectivity index (χ4n) is 3.84. The Balaban J connectivity index is 1.40. The molecule has 1 atom stereocenters. The number of hydrogen-bond acceptors (Lipinski definition) is 5. The lowest BCUT2D eigenvalue weighted by Gasteiger charge is -2.17. The number of hydrogen-bond donors (Lipinski definition) is 2. The van der Waals surface area contributed by atoms with Gasteiger partial charge in [-0.05, 0) is 61.2 Å². The molecule has 0 unspecified atom stereocenters. The fourth-order valence-corrected chi connectivity index (χ4v) is 3.97. The van der Waals surface area contributed by atoms with Gasteiger partial charge in [0.15, 0.2) is 11.6 Å². The van der Waals surface area contributed by atoms with Crippen molar-refractivity contribution in [1.29, 1.82) is 0 Å². The van der Waals surface area contributed by atoms with Crippen LogP contribution in [-0.4, -0.2) is 47.5 Å². The molecule has 1 saturated heterocycles. The molecule has 0 bridgehead atoms. The molecule has 1 fully saturated rings. The predicted molar refractivity (Wildman–Crippen MR) is 125 cm³/mol. The van der Waals surface area contributed by atoms with Crippen LogP contribution in [0, 0.1) is 5.82 Å². The number of benzene rings is 2. The molecule has 2 amide bonds. The van der Waals surface area contributed by atoms with E-state index in [1.807, 2.05) is 12.1 Å². The van der Waals surface area contributed by atoms with Crippen LogP contribution in [0.15, 0.2) is 42.5 Å². The Kier molecular flexibility index (Phi) is 9.42. The Hall–Kier alpha value is -2.97. The van der Waals surface area contributed by atoms with Crippen LogP contribution in [-0.2, 0) is 20.8 Å². The maximum absolute atomic E-state index is 14.4. The van der Waals surface area contributed by atoms with Crippen molar-refractivity contribution in [3.05, 3.63) is 64.4 Å². The van der Waals surface area contributed by atoms with Gasteiger partial charge < -0.3 is 15.2 Å². The molecule has 0 radical (unpaired) electrons. The zero-order valence-corrected chi connectivity index (χ0v) is 19.5. The number of imide groups is 1. The van der Waals surface area contributed by atoms with E-state index in [0.29, 0.717) is 18.0 Å². The minimum Gasteiger partial charge on any atom is -0.489 e. The summed E-state index contributed by atoms with van der Waals surface area (Å²) in [7, 11) is 0. The maximum Gasteiger partial charge on any atom is 0.305 e. The molecule has 0 aliphatic carbocycles. The quantitative estimate of drug-likeness (QED) is 0.324. The van der Waals surface area contributed by atoms with Gasteiger partial charge in [-0.2, -0.15) is 0 Å². The van der Waals surface area contributed by atoms with Gasteiger partial charge in [0.2, 0.25) is 11.8 Å². The second-order valence-corrected chi connectivity index (χ2v) is 8.60. The van der Waals surface area contributed by atoms with Gasteiger partial charge in [-0.25, -0.2) is 4.39 Å². The smallest absolute Gasteiger partial charge is 0.305 e. The summed E-state index contributed by atoms with van der Waals surface area (Å²) in [5.41, 5.74) is 1.69. The van der Waals surface area contributed by atoms with E-state index in [0.717, 1.165) is 28.9 Å². The Bertz CT molecular complexity index is 999. The fraction of sp³-hybridized carbons (Fsp3) is 0.400. The number of amides is 2. The SMILES string of the molecule is O=C(O)C[C@@H](NCCCCc1ccc(OCCN2C(=O)CCC2=O)c(F)c1)c1ccc(Cl)cc1. The van der Waals surface area contributed by atoms with E-state index in [1.165, 1.54) is 6.07 Å². The first-order valence-electron chi connectivity index (χ1n) is 11.3. The van der Waals surface area contributed by atoms with Crippen molar-refractivity contribution in [2.45, 2.75) is 44.6 Å². The molecule has 34 heavy (non-hydrogen) atoms. The number of likely N-dealkylation sites (tertiary alicyclic amines) is 1. The highest BCUT2D eigenvalue weighted by molar-refractivity contribution is 6.30. The zero-order valence-electron chi connectivity index (χ0n) is 18.8. The normalized spacial score (nSPS) is 14.5. The minimum absolute atomic E-state index is 0.0333. The number of nitrogens with one attached hydrogen (secondary N) is 1. The third-order valence-electron chi connectivity index (χ3n) is 5.66. The summed E-state index contributed by atoms with van der Waals surface area (Å²) in [5.74, 6) is -1.73. The van der Waals surface area contributed by atoms with Crippen molar-refractivity contribution >= 4 is 29.4 Å². The van der Waals surface area contributed by atoms with Crippen molar-refractivity contribution in [3.8, 4) is 5.75 Å². The summed E-state index contributed by atoms with van der Waals surface area (Å²) in [6.45, 7) is 0.785. The number of aliphatic carboxylic acids is 1. The van der Waals surface area contributed by atoms with Crippen molar-refractivity contribution in [1.82, 2.24) is 10.2 Å². The Morgan fingerprint density at radius 1 is 1.12 bits per heavy atom. The molecule has 0 spiro atoms. The van der Waals surface area contributed by atoms with Gasteiger partial charge in [-0.15, -0.1) is 0 Å². The van der Waals surface area contributed by atoms with Crippen LogP contribution in [0.4, 0.5) is 4.39 Å².